The Balaban J connectivity index is 2.51. The number of amides is 2. The summed E-state index contributed by atoms with van der Waals surface area (Å²) in [7, 11) is 0. The molecule has 0 spiro atoms. The van der Waals surface area contributed by atoms with Gasteiger partial charge in [-0.05, 0) is 19.1 Å². The Bertz CT molecular complexity index is 642. The molecule has 1 fully saturated rings. The molecule has 0 radical (unpaired) electrons. The van der Waals surface area contributed by atoms with Crippen LogP contribution in [-0.2, 0) is 9.53 Å². The van der Waals surface area contributed by atoms with Gasteiger partial charge in [-0.15, -0.1) is 11.6 Å². The van der Waals surface area contributed by atoms with Crippen molar-refractivity contribution in [1.29, 1.82) is 5.26 Å². The Hall–Kier alpha value is -1.97. The maximum atomic E-state index is 12.1. The molecule has 6 nitrogen and oxygen atoms in total. The SMILES string of the molecule is CC1OC(=O)N(c2cc(N)c(C#N)cc2Cl)C(=O)C1Cl. The highest BCUT2D eigenvalue weighted by Crippen LogP contribution is 2.34. The molecule has 0 aliphatic carbocycles. The second-order valence-corrected chi connectivity index (χ2v) is 5.04. The monoisotopic (exact) mass is 313 g/mol. The van der Waals surface area contributed by atoms with Gasteiger partial charge in [0.25, 0.3) is 5.91 Å². The number of nitrogens with two attached hydrogens (primary N) is 1. The zero-order chi connectivity index (χ0) is 15.0. The minimum atomic E-state index is -1.01. The van der Waals surface area contributed by atoms with Crippen molar-refractivity contribution in [2.24, 2.45) is 0 Å². The third-order valence-electron chi connectivity index (χ3n) is 2.82. The average Bonchev–Trinajstić information content (AvgIpc) is 2.39. The molecule has 1 aliphatic heterocycles. The van der Waals surface area contributed by atoms with E-state index in [0.29, 0.717) is 0 Å². The number of alkyl halides is 1. The number of carbonyl (C=O) groups excluding carboxylic acids is 2. The number of benzene rings is 1. The molecule has 1 aromatic carbocycles. The molecule has 20 heavy (non-hydrogen) atoms. The van der Waals surface area contributed by atoms with Crippen LogP contribution in [0.4, 0.5) is 16.2 Å². The van der Waals surface area contributed by atoms with Crippen LogP contribution in [0.1, 0.15) is 12.5 Å². The Kier molecular flexibility index (Phi) is 3.75. The molecule has 1 aromatic rings. The summed E-state index contributed by atoms with van der Waals surface area (Å²) in [4.78, 5) is 24.7. The van der Waals surface area contributed by atoms with Crippen LogP contribution in [0.15, 0.2) is 12.1 Å². The van der Waals surface area contributed by atoms with Crippen LogP contribution in [0.5, 0.6) is 0 Å². The average molecular weight is 314 g/mol. The van der Waals surface area contributed by atoms with Crippen LogP contribution >= 0.6 is 23.2 Å². The number of nitrogen functional groups attached to an aromatic ring is 1. The standard InChI is InChI=1S/C12H9Cl2N3O3/c1-5-10(14)11(18)17(12(19)20-5)9-3-8(16)6(4-15)2-7(9)13/h2-3,5,10H,16H2,1H3. The van der Waals surface area contributed by atoms with E-state index < -0.39 is 23.5 Å². The highest BCUT2D eigenvalue weighted by Gasteiger charge is 2.41. The van der Waals surface area contributed by atoms with E-state index in [1.807, 2.05) is 6.07 Å². The second-order valence-electron chi connectivity index (χ2n) is 4.17. The van der Waals surface area contributed by atoms with Crippen molar-refractivity contribution in [3.8, 4) is 6.07 Å². The fourth-order valence-electron chi connectivity index (χ4n) is 1.75. The molecular formula is C12H9Cl2N3O3. The fourth-order valence-corrected chi connectivity index (χ4v) is 2.15. The van der Waals surface area contributed by atoms with Crippen LogP contribution < -0.4 is 10.6 Å². The highest BCUT2D eigenvalue weighted by atomic mass is 35.5. The molecule has 2 amide bonds. The van der Waals surface area contributed by atoms with E-state index in [-0.39, 0.29) is 22.0 Å². The van der Waals surface area contributed by atoms with Gasteiger partial charge in [0, 0.05) is 0 Å². The van der Waals surface area contributed by atoms with E-state index in [2.05, 4.69) is 0 Å². The largest absolute Gasteiger partial charge is 0.444 e. The lowest BCUT2D eigenvalue weighted by Gasteiger charge is -2.32. The van der Waals surface area contributed by atoms with Crippen LogP contribution in [0.25, 0.3) is 0 Å². The van der Waals surface area contributed by atoms with Crippen molar-refractivity contribution in [3.05, 3.63) is 22.7 Å². The van der Waals surface area contributed by atoms with Crippen LogP contribution in [0, 0.1) is 11.3 Å². The Labute approximate surface area is 124 Å². The number of carbonyl (C=O) groups is 2. The summed E-state index contributed by atoms with van der Waals surface area (Å²) >= 11 is 11.9. The van der Waals surface area contributed by atoms with E-state index in [9.17, 15) is 9.59 Å². The minimum absolute atomic E-state index is 0.0273. The summed E-state index contributed by atoms with van der Waals surface area (Å²) in [6, 6.07) is 4.38. The van der Waals surface area contributed by atoms with Gasteiger partial charge in [-0.2, -0.15) is 5.26 Å². The lowest BCUT2D eigenvalue weighted by Crippen LogP contribution is -2.52. The molecule has 2 unspecified atom stereocenters. The Morgan fingerprint density at radius 3 is 2.70 bits per heavy atom. The van der Waals surface area contributed by atoms with Gasteiger partial charge < -0.3 is 10.5 Å². The zero-order valence-corrected chi connectivity index (χ0v) is 11.8. The number of ether oxygens (including phenoxy) is 1. The zero-order valence-electron chi connectivity index (χ0n) is 10.3. The predicted octanol–water partition coefficient (Wildman–Crippen LogP) is 2.27. The molecule has 2 atom stereocenters. The Morgan fingerprint density at radius 2 is 2.10 bits per heavy atom. The third kappa shape index (κ3) is 2.26. The molecular weight excluding hydrogens is 305 g/mol. The lowest BCUT2D eigenvalue weighted by atomic mass is 10.1. The number of nitriles is 1. The van der Waals surface area contributed by atoms with Crippen molar-refractivity contribution in [1.82, 2.24) is 0 Å². The Morgan fingerprint density at radius 1 is 1.45 bits per heavy atom. The van der Waals surface area contributed by atoms with Crippen molar-refractivity contribution in [2.75, 3.05) is 10.6 Å². The van der Waals surface area contributed by atoms with E-state index >= 15 is 0 Å². The first-order chi connectivity index (χ1) is 9.36. The van der Waals surface area contributed by atoms with Gasteiger partial charge in [-0.25, -0.2) is 9.69 Å². The highest BCUT2D eigenvalue weighted by molar-refractivity contribution is 6.39. The number of nitrogens with zero attached hydrogens (tertiary/aromatic N) is 2. The normalized spacial score (nSPS) is 22.4. The van der Waals surface area contributed by atoms with Gasteiger partial charge in [0.2, 0.25) is 0 Å². The first-order valence-corrected chi connectivity index (χ1v) is 6.36. The van der Waals surface area contributed by atoms with Crippen molar-refractivity contribution >= 4 is 46.6 Å². The van der Waals surface area contributed by atoms with E-state index in [4.69, 9.17) is 38.9 Å². The smallest absolute Gasteiger partial charge is 0.421 e. The molecule has 1 aliphatic rings. The number of rotatable bonds is 1. The van der Waals surface area contributed by atoms with Gasteiger partial charge in [0.05, 0.1) is 22.0 Å². The number of anilines is 2. The molecule has 0 bridgehead atoms. The second kappa shape index (κ2) is 5.19. The predicted molar refractivity (Wildman–Crippen MR) is 73.6 cm³/mol. The number of cyclic esters (lactones) is 1. The van der Waals surface area contributed by atoms with E-state index in [1.54, 1.807) is 0 Å². The molecule has 8 heteroatoms. The van der Waals surface area contributed by atoms with Gasteiger partial charge in [-0.1, -0.05) is 11.6 Å². The topological polar surface area (TPSA) is 96.4 Å². The summed E-state index contributed by atoms with van der Waals surface area (Å²) in [5.74, 6) is -0.651. The van der Waals surface area contributed by atoms with E-state index in [0.717, 1.165) is 4.90 Å². The van der Waals surface area contributed by atoms with Crippen molar-refractivity contribution in [2.45, 2.75) is 18.4 Å². The first kappa shape index (κ1) is 14.4. The van der Waals surface area contributed by atoms with Crippen LogP contribution in [0.3, 0.4) is 0 Å². The first-order valence-electron chi connectivity index (χ1n) is 5.54. The number of hydrogen-bond donors (Lipinski definition) is 1. The third-order valence-corrected chi connectivity index (χ3v) is 3.66. The molecule has 0 aromatic heterocycles. The summed E-state index contributed by atoms with van der Waals surface area (Å²) in [6.07, 6.45) is -1.62. The summed E-state index contributed by atoms with van der Waals surface area (Å²) in [5, 5.41) is 7.86. The molecule has 2 rings (SSSR count). The number of imide groups is 1. The van der Waals surface area contributed by atoms with Crippen LogP contribution in [0.2, 0.25) is 5.02 Å². The lowest BCUT2D eigenvalue weighted by molar-refractivity contribution is -0.121. The molecule has 1 heterocycles. The fraction of sp³-hybridized carbons (Fsp3) is 0.250. The maximum Gasteiger partial charge on any atom is 0.421 e. The molecule has 1 saturated heterocycles. The molecule has 2 N–H and O–H groups in total. The van der Waals surface area contributed by atoms with Gasteiger partial charge in [0.15, 0.2) is 0 Å². The van der Waals surface area contributed by atoms with Gasteiger partial charge in [0.1, 0.15) is 17.6 Å². The van der Waals surface area contributed by atoms with Gasteiger partial charge >= 0.3 is 6.09 Å². The summed E-state index contributed by atoms with van der Waals surface area (Å²) in [5.41, 5.74) is 5.93. The van der Waals surface area contributed by atoms with E-state index in [1.165, 1.54) is 19.1 Å². The maximum absolute atomic E-state index is 12.1. The molecule has 104 valence electrons. The summed E-state index contributed by atoms with van der Waals surface area (Å²) in [6.45, 7) is 1.51. The van der Waals surface area contributed by atoms with Crippen molar-refractivity contribution < 1.29 is 14.3 Å². The quantitative estimate of drug-likeness (QED) is 0.633. The number of hydrogen-bond acceptors (Lipinski definition) is 5. The van der Waals surface area contributed by atoms with Crippen molar-refractivity contribution in [3.63, 3.8) is 0 Å². The number of halogens is 2. The summed E-state index contributed by atoms with van der Waals surface area (Å²) < 4.78 is 4.96. The molecule has 0 saturated carbocycles. The minimum Gasteiger partial charge on any atom is -0.444 e. The van der Waals surface area contributed by atoms with Gasteiger partial charge in [-0.3, -0.25) is 4.79 Å². The van der Waals surface area contributed by atoms with Crippen LogP contribution in [-0.4, -0.2) is 23.5 Å².